The van der Waals surface area contributed by atoms with Crippen LogP contribution in [0.5, 0.6) is 0 Å². The lowest BCUT2D eigenvalue weighted by Gasteiger charge is -2.25. The summed E-state index contributed by atoms with van der Waals surface area (Å²) < 4.78 is 36.3. The van der Waals surface area contributed by atoms with Crippen molar-refractivity contribution in [3.05, 3.63) is 41.8 Å². The number of amides is 1. The molecular weight excluding hydrogens is 386 g/mol. The molecular formula is C18H21N3O6S. The van der Waals surface area contributed by atoms with Crippen LogP contribution in [-0.2, 0) is 19.6 Å². The minimum Gasteiger partial charge on any atom is -0.450 e. The van der Waals surface area contributed by atoms with E-state index in [-0.39, 0.29) is 10.7 Å². The lowest BCUT2D eigenvalue weighted by atomic mass is 10.2. The van der Waals surface area contributed by atoms with Crippen molar-refractivity contribution >= 4 is 27.6 Å². The Kier molecular flexibility index (Phi) is 6.10. The number of hydrogen-bond donors (Lipinski definition) is 1. The zero-order valence-electron chi connectivity index (χ0n) is 15.4. The van der Waals surface area contributed by atoms with Crippen LogP contribution in [0.3, 0.4) is 0 Å². The van der Waals surface area contributed by atoms with E-state index in [1.54, 1.807) is 6.92 Å². The number of piperidine rings is 1. The van der Waals surface area contributed by atoms with Crippen LogP contribution < -0.4 is 5.32 Å². The Bertz CT molecular complexity index is 946. The first kappa shape index (κ1) is 20.0. The van der Waals surface area contributed by atoms with Crippen molar-refractivity contribution in [2.24, 2.45) is 0 Å². The number of anilines is 1. The van der Waals surface area contributed by atoms with E-state index in [1.807, 2.05) is 0 Å². The first-order chi connectivity index (χ1) is 13.4. The summed E-state index contributed by atoms with van der Waals surface area (Å²) in [6.45, 7) is 2.20. The lowest BCUT2D eigenvalue weighted by Crippen LogP contribution is -2.35. The number of hydrogen-bond acceptors (Lipinski definition) is 7. The molecule has 1 amide bonds. The van der Waals surface area contributed by atoms with E-state index in [1.165, 1.54) is 34.6 Å². The quantitative estimate of drug-likeness (QED) is 0.727. The Morgan fingerprint density at radius 2 is 1.86 bits per heavy atom. The number of sulfonamides is 1. The fourth-order valence-corrected chi connectivity index (χ4v) is 4.34. The molecule has 1 N–H and O–H groups in total. The highest BCUT2D eigenvalue weighted by molar-refractivity contribution is 7.89. The number of nitrogens with one attached hydrogen (secondary N) is 1. The van der Waals surface area contributed by atoms with Gasteiger partial charge in [-0.15, -0.1) is 0 Å². The van der Waals surface area contributed by atoms with E-state index >= 15 is 0 Å². The first-order valence-electron chi connectivity index (χ1n) is 8.87. The third-order valence-corrected chi connectivity index (χ3v) is 6.17. The van der Waals surface area contributed by atoms with E-state index in [4.69, 9.17) is 9.26 Å². The Morgan fingerprint density at radius 1 is 1.18 bits per heavy atom. The predicted octanol–water partition coefficient (Wildman–Crippen LogP) is 1.95. The number of aryl methyl sites for hydroxylation is 1. The van der Waals surface area contributed by atoms with Gasteiger partial charge < -0.3 is 14.6 Å². The molecule has 150 valence electrons. The van der Waals surface area contributed by atoms with Gasteiger partial charge in [-0.3, -0.25) is 4.79 Å². The second-order valence-electron chi connectivity index (χ2n) is 6.45. The van der Waals surface area contributed by atoms with E-state index < -0.39 is 28.5 Å². The number of ether oxygens (including phenoxy) is 1. The Morgan fingerprint density at radius 3 is 2.46 bits per heavy atom. The van der Waals surface area contributed by atoms with Gasteiger partial charge in [-0.05, 0) is 44.0 Å². The number of aromatic nitrogens is 1. The van der Waals surface area contributed by atoms with Crippen molar-refractivity contribution in [3.63, 3.8) is 0 Å². The summed E-state index contributed by atoms with van der Waals surface area (Å²) >= 11 is 0. The lowest BCUT2D eigenvalue weighted by molar-refractivity contribution is -0.119. The van der Waals surface area contributed by atoms with Crippen molar-refractivity contribution in [2.45, 2.75) is 31.1 Å². The largest absolute Gasteiger partial charge is 0.450 e. The normalized spacial score (nSPS) is 15.2. The van der Waals surface area contributed by atoms with Crippen LogP contribution >= 0.6 is 0 Å². The van der Waals surface area contributed by atoms with Gasteiger partial charge in [-0.25, -0.2) is 13.2 Å². The van der Waals surface area contributed by atoms with Crippen molar-refractivity contribution in [3.8, 4) is 0 Å². The highest BCUT2D eigenvalue weighted by Crippen LogP contribution is 2.22. The summed E-state index contributed by atoms with van der Waals surface area (Å²) in [6, 6.07) is 7.29. The number of nitrogens with zero attached hydrogens (tertiary/aromatic N) is 2. The maximum atomic E-state index is 12.6. The Hall–Kier alpha value is -2.72. The van der Waals surface area contributed by atoms with Crippen LogP contribution in [0, 0.1) is 6.92 Å². The Balaban J connectivity index is 1.55. The third-order valence-electron chi connectivity index (χ3n) is 4.25. The highest BCUT2D eigenvalue weighted by Gasteiger charge is 2.25. The molecule has 2 aromatic rings. The maximum Gasteiger partial charge on any atom is 0.377 e. The van der Waals surface area contributed by atoms with E-state index in [2.05, 4.69) is 10.5 Å². The smallest absolute Gasteiger partial charge is 0.377 e. The number of esters is 1. The molecule has 0 spiro atoms. The van der Waals surface area contributed by atoms with Crippen molar-refractivity contribution in [2.75, 3.05) is 25.0 Å². The van der Waals surface area contributed by atoms with E-state index in [0.717, 1.165) is 19.3 Å². The molecule has 0 saturated carbocycles. The van der Waals surface area contributed by atoms with Crippen molar-refractivity contribution < 1.29 is 27.3 Å². The fraction of sp³-hybridized carbons (Fsp3) is 0.389. The van der Waals surface area contributed by atoms with Crippen LogP contribution in [0.4, 0.5) is 5.69 Å². The monoisotopic (exact) mass is 407 g/mol. The zero-order valence-corrected chi connectivity index (χ0v) is 16.2. The topological polar surface area (TPSA) is 119 Å². The molecule has 1 aliphatic heterocycles. The van der Waals surface area contributed by atoms with Gasteiger partial charge in [-0.1, -0.05) is 11.6 Å². The summed E-state index contributed by atoms with van der Waals surface area (Å²) in [4.78, 5) is 23.8. The van der Waals surface area contributed by atoms with Gasteiger partial charge >= 0.3 is 5.97 Å². The van der Waals surface area contributed by atoms with Gasteiger partial charge in [0.25, 0.3) is 5.91 Å². The third kappa shape index (κ3) is 4.76. The van der Waals surface area contributed by atoms with Crippen LogP contribution in [0.15, 0.2) is 39.8 Å². The molecule has 0 radical (unpaired) electrons. The average molecular weight is 407 g/mol. The summed E-state index contributed by atoms with van der Waals surface area (Å²) in [5.41, 5.74) is 0.921. The molecule has 3 rings (SSSR count). The van der Waals surface area contributed by atoms with Crippen molar-refractivity contribution in [1.29, 1.82) is 0 Å². The molecule has 1 fully saturated rings. The van der Waals surface area contributed by atoms with Crippen molar-refractivity contribution in [1.82, 2.24) is 9.46 Å². The van der Waals surface area contributed by atoms with Gasteiger partial charge in [0.15, 0.2) is 6.61 Å². The number of rotatable bonds is 6. The minimum absolute atomic E-state index is 0.0856. The molecule has 1 aliphatic rings. The molecule has 10 heteroatoms. The molecule has 0 atom stereocenters. The standard InChI is InChI=1S/C18H21N3O6S/c1-13-11-16(27-20-13)18(23)26-12-17(22)19-14-5-7-15(8-6-14)28(24,25)21-9-3-2-4-10-21/h5-8,11H,2-4,9-10,12H2,1H3,(H,19,22). The van der Waals surface area contributed by atoms with Crippen LogP contribution in [0.1, 0.15) is 35.5 Å². The number of carbonyl (C=O) groups excluding carboxylic acids is 2. The molecule has 1 saturated heterocycles. The highest BCUT2D eigenvalue weighted by atomic mass is 32.2. The second-order valence-corrected chi connectivity index (χ2v) is 8.38. The maximum absolute atomic E-state index is 12.6. The van der Waals surface area contributed by atoms with Gasteiger partial charge in [0.05, 0.1) is 10.6 Å². The first-order valence-corrected chi connectivity index (χ1v) is 10.3. The van der Waals surface area contributed by atoms with Gasteiger partial charge in [0.1, 0.15) is 0 Å². The number of carbonyl (C=O) groups is 2. The predicted molar refractivity (Wildman–Crippen MR) is 99.2 cm³/mol. The minimum atomic E-state index is -3.52. The van der Waals surface area contributed by atoms with Gasteiger partial charge in [0.2, 0.25) is 15.8 Å². The zero-order chi connectivity index (χ0) is 20.1. The molecule has 28 heavy (non-hydrogen) atoms. The summed E-state index contributed by atoms with van der Waals surface area (Å²) in [7, 11) is -3.52. The molecule has 1 aromatic heterocycles. The molecule has 9 nitrogen and oxygen atoms in total. The second kappa shape index (κ2) is 8.53. The molecule has 0 aliphatic carbocycles. The molecule has 1 aromatic carbocycles. The average Bonchev–Trinajstić information content (AvgIpc) is 3.14. The molecule has 2 heterocycles. The van der Waals surface area contributed by atoms with Crippen LogP contribution in [-0.4, -0.2) is 49.5 Å². The summed E-state index contributed by atoms with van der Waals surface area (Å²) in [5.74, 6) is -1.44. The SMILES string of the molecule is Cc1cc(C(=O)OCC(=O)Nc2ccc(S(=O)(=O)N3CCCCC3)cc2)on1. The summed E-state index contributed by atoms with van der Waals surface area (Å²) in [6.07, 6.45) is 2.76. The van der Waals surface area contributed by atoms with Gasteiger partial charge in [0, 0.05) is 24.8 Å². The van der Waals surface area contributed by atoms with E-state index in [9.17, 15) is 18.0 Å². The van der Waals surface area contributed by atoms with Crippen LogP contribution in [0.25, 0.3) is 0 Å². The van der Waals surface area contributed by atoms with Gasteiger partial charge in [-0.2, -0.15) is 4.31 Å². The molecule has 0 unspecified atom stereocenters. The Labute approximate surface area is 162 Å². The summed E-state index contributed by atoms with van der Waals surface area (Å²) in [5, 5.41) is 6.11. The van der Waals surface area contributed by atoms with Crippen LogP contribution in [0.2, 0.25) is 0 Å². The number of benzene rings is 1. The van der Waals surface area contributed by atoms with E-state index in [0.29, 0.717) is 24.5 Å². The fourth-order valence-electron chi connectivity index (χ4n) is 2.82. The molecule has 0 bridgehead atoms.